The van der Waals surface area contributed by atoms with Crippen LogP contribution in [0.1, 0.15) is 6.92 Å². The summed E-state index contributed by atoms with van der Waals surface area (Å²) in [6.07, 6.45) is 1.77. The third-order valence-electron chi connectivity index (χ3n) is 2.80. The Morgan fingerprint density at radius 1 is 1.59 bits per heavy atom. The molecule has 2 heterocycles. The van der Waals surface area contributed by atoms with E-state index >= 15 is 0 Å². The maximum absolute atomic E-state index is 11.7. The van der Waals surface area contributed by atoms with Crippen LogP contribution in [0.2, 0.25) is 0 Å². The molecular formula is C11H18N4O2. The fraction of sp³-hybridized carbons (Fsp3) is 0.727. The molecule has 0 spiro atoms. The molecule has 0 aromatic carbocycles. The fourth-order valence-electron chi connectivity index (χ4n) is 1.81. The molecule has 1 N–H and O–H groups in total. The summed E-state index contributed by atoms with van der Waals surface area (Å²) in [5, 5.41) is 10.6. The normalized spacial score (nSPS) is 24.8. The zero-order valence-electron chi connectivity index (χ0n) is 10.1. The number of azo groups is 1. The molecular weight excluding hydrogens is 220 g/mol. The van der Waals surface area contributed by atoms with E-state index in [4.69, 9.17) is 4.74 Å². The monoisotopic (exact) mass is 238 g/mol. The van der Waals surface area contributed by atoms with E-state index in [2.05, 4.69) is 20.4 Å². The first-order valence-electron chi connectivity index (χ1n) is 5.96. The Kier molecular flexibility index (Phi) is 4.22. The van der Waals surface area contributed by atoms with Gasteiger partial charge < -0.3 is 10.1 Å². The average Bonchev–Trinajstić information content (AvgIpc) is 2.77. The number of carbonyl (C=O) groups is 1. The van der Waals surface area contributed by atoms with Gasteiger partial charge in [0.2, 0.25) is 0 Å². The third-order valence-corrected chi connectivity index (χ3v) is 2.80. The molecule has 0 aliphatic carbocycles. The Morgan fingerprint density at radius 2 is 2.35 bits per heavy atom. The molecule has 1 fully saturated rings. The number of carbonyl (C=O) groups excluding carboxylic acids is 1. The second-order valence-corrected chi connectivity index (χ2v) is 4.22. The van der Waals surface area contributed by atoms with Gasteiger partial charge in [0.25, 0.3) is 5.91 Å². The summed E-state index contributed by atoms with van der Waals surface area (Å²) >= 11 is 0. The minimum absolute atomic E-state index is 0.0231. The van der Waals surface area contributed by atoms with Crippen molar-refractivity contribution in [3.63, 3.8) is 0 Å². The van der Waals surface area contributed by atoms with Crippen LogP contribution in [0.15, 0.2) is 22.0 Å². The van der Waals surface area contributed by atoms with Crippen LogP contribution >= 0.6 is 0 Å². The zero-order chi connectivity index (χ0) is 12.1. The predicted molar refractivity (Wildman–Crippen MR) is 62.7 cm³/mol. The fourth-order valence-corrected chi connectivity index (χ4v) is 1.81. The number of nitrogens with zero attached hydrogens (tertiary/aromatic N) is 3. The lowest BCUT2D eigenvalue weighted by atomic mass is 10.3. The Labute approximate surface area is 101 Å². The van der Waals surface area contributed by atoms with Crippen molar-refractivity contribution in [2.75, 3.05) is 39.4 Å². The van der Waals surface area contributed by atoms with Crippen LogP contribution in [0.5, 0.6) is 0 Å². The minimum Gasteiger partial charge on any atom is -0.379 e. The number of hydrogen-bond acceptors (Lipinski definition) is 5. The molecule has 6 heteroatoms. The van der Waals surface area contributed by atoms with Gasteiger partial charge in [-0.1, -0.05) is 0 Å². The van der Waals surface area contributed by atoms with Crippen molar-refractivity contribution in [3.8, 4) is 0 Å². The van der Waals surface area contributed by atoms with Gasteiger partial charge in [0.05, 0.1) is 19.3 Å². The first kappa shape index (κ1) is 12.2. The summed E-state index contributed by atoms with van der Waals surface area (Å²) in [5.74, 6) is -0.133. The second-order valence-electron chi connectivity index (χ2n) is 4.22. The molecule has 0 aromatic rings. The van der Waals surface area contributed by atoms with Gasteiger partial charge in [-0.25, -0.2) is 0 Å². The summed E-state index contributed by atoms with van der Waals surface area (Å²) in [7, 11) is 0. The van der Waals surface area contributed by atoms with Gasteiger partial charge in [-0.05, 0) is 13.0 Å². The Morgan fingerprint density at radius 3 is 3.00 bits per heavy atom. The van der Waals surface area contributed by atoms with E-state index in [-0.39, 0.29) is 11.9 Å². The molecule has 0 aromatic heterocycles. The van der Waals surface area contributed by atoms with Gasteiger partial charge >= 0.3 is 0 Å². The summed E-state index contributed by atoms with van der Waals surface area (Å²) in [6, 6.07) is 0.0231. The first-order chi connectivity index (χ1) is 8.25. The maximum atomic E-state index is 11.7. The minimum atomic E-state index is -0.133. The highest BCUT2D eigenvalue weighted by Crippen LogP contribution is 2.11. The molecule has 0 bridgehead atoms. The number of morpholine rings is 1. The highest BCUT2D eigenvalue weighted by molar-refractivity contribution is 5.93. The van der Waals surface area contributed by atoms with Crippen molar-refractivity contribution in [2.45, 2.75) is 13.0 Å². The van der Waals surface area contributed by atoms with Crippen LogP contribution in [-0.2, 0) is 9.53 Å². The molecule has 1 unspecified atom stereocenters. The number of amides is 1. The van der Waals surface area contributed by atoms with Crippen LogP contribution in [0, 0.1) is 0 Å². The molecule has 94 valence electrons. The SMILES string of the molecule is CC1C=C(C(=O)NCCN2CCOCC2)N=N1. The summed E-state index contributed by atoms with van der Waals surface area (Å²) in [5.41, 5.74) is 0.430. The van der Waals surface area contributed by atoms with E-state index in [1.165, 1.54) is 0 Å². The van der Waals surface area contributed by atoms with Gasteiger partial charge in [0.1, 0.15) is 5.70 Å². The van der Waals surface area contributed by atoms with Crippen molar-refractivity contribution < 1.29 is 9.53 Å². The van der Waals surface area contributed by atoms with Crippen LogP contribution < -0.4 is 5.32 Å². The number of ether oxygens (including phenoxy) is 1. The molecule has 0 radical (unpaired) electrons. The first-order valence-corrected chi connectivity index (χ1v) is 5.96. The van der Waals surface area contributed by atoms with E-state index in [0.29, 0.717) is 12.2 Å². The molecule has 1 atom stereocenters. The van der Waals surface area contributed by atoms with Gasteiger partial charge in [-0.3, -0.25) is 9.69 Å². The lowest BCUT2D eigenvalue weighted by molar-refractivity contribution is -0.117. The molecule has 2 rings (SSSR count). The van der Waals surface area contributed by atoms with Crippen LogP contribution in [0.4, 0.5) is 0 Å². The topological polar surface area (TPSA) is 66.3 Å². The average molecular weight is 238 g/mol. The largest absolute Gasteiger partial charge is 0.379 e. The summed E-state index contributed by atoms with van der Waals surface area (Å²) in [6.45, 7) is 6.84. The third kappa shape index (κ3) is 3.61. The molecule has 1 amide bonds. The number of rotatable bonds is 4. The number of nitrogens with one attached hydrogen (secondary N) is 1. The van der Waals surface area contributed by atoms with E-state index in [9.17, 15) is 4.79 Å². The molecule has 1 saturated heterocycles. The van der Waals surface area contributed by atoms with E-state index in [1.807, 2.05) is 6.92 Å². The van der Waals surface area contributed by atoms with Gasteiger partial charge in [0, 0.05) is 26.2 Å². The van der Waals surface area contributed by atoms with Crippen molar-refractivity contribution in [2.24, 2.45) is 10.2 Å². The van der Waals surface area contributed by atoms with Gasteiger partial charge in [0.15, 0.2) is 0 Å². The van der Waals surface area contributed by atoms with E-state index in [1.54, 1.807) is 6.08 Å². The van der Waals surface area contributed by atoms with Crippen LogP contribution in [-0.4, -0.2) is 56.2 Å². The molecule has 0 saturated carbocycles. The van der Waals surface area contributed by atoms with Crippen molar-refractivity contribution in [3.05, 3.63) is 11.8 Å². The van der Waals surface area contributed by atoms with Crippen LogP contribution in [0.25, 0.3) is 0 Å². The second kappa shape index (κ2) is 5.88. The highest BCUT2D eigenvalue weighted by atomic mass is 16.5. The maximum Gasteiger partial charge on any atom is 0.271 e. The molecule has 17 heavy (non-hydrogen) atoms. The van der Waals surface area contributed by atoms with Crippen LogP contribution in [0.3, 0.4) is 0 Å². The highest BCUT2D eigenvalue weighted by Gasteiger charge is 2.15. The van der Waals surface area contributed by atoms with Crippen molar-refractivity contribution >= 4 is 5.91 Å². The standard InChI is InChI=1S/C11H18N4O2/c1-9-8-10(14-13-9)11(16)12-2-3-15-4-6-17-7-5-15/h8-9H,2-7H2,1H3,(H,12,16). The smallest absolute Gasteiger partial charge is 0.271 e. The quantitative estimate of drug-likeness (QED) is 0.759. The lowest BCUT2D eigenvalue weighted by Crippen LogP contribution is -2.41. The van der Waals surface area contributed by atoms with E-state index < -0.39 is 0 Å². The predicted octanol–water partition coefficient (Wildman–Crippen LogP) is 0.173. The lowest BCUT2D eigenvalue weighted by Gasteiger charge is -2.26. The summed E-state index contributed by atoms with van der Waals surface area (Å²) in [4.78, 5) is 13.9. The van der Waals surface area contributed by atoms with Gasteiger partial charge in [-0.15, -0.1) is 5.11 Å². The van der Waals surface area contributed by atoms with E-state index in [0.717, 1.165) is 32.8 Å². The Bertz CT molecular complexity index is 334. The Hall–Kier alpha value is -1.27. The van der Waals surface area contributed by atoms with Crippen molar-refractivity contribution in [1.82, 2.24) is 10.2 Å². The summed E-state index contributed by atoms with van der Waals surface area (Å²) < 4.78 is 5.25. The molecule has 2 aliphatic rings. The zero-order valence-corrected chi connectivity index (χ0v) is 10.1. The van der Waals surface area contributed by atoms with Crippen molar-refractivity contribution in [1.29, 1.82) is 0 Å². The Balaban J connectivity index is 1.66. The number of hydrogen-bond donors (Lipinski definition) is 1. The van der Waals surface area contributed by atoms with Gasteiger partial charge in [-0.2, -0.15) is 5.11 Å². The molecule has 6 nitrogen and oxygen atoms in total. The molecule has 2 aliphatic heterocycles.